The summed E-state index contributed by atoms with van der Waals surface area (Å²) in [5.74, 6) is -2.96. The Kier molecular flexibility index (Phi) is 6.04. The highest BCUT2D eigenvalue weighted by molar-refractivity contribution is 14.1. The molecule has 24 heavy (non-hydrogen) atoms. The molecule has 0 radical (unpaired) electrons. The van der Waals surface area contributed by atoms with Crippen molar-refractivity contribution in [3.63, 3.8) is 0 Å². The predicted octanol–water partition coefficient (Wildman–Crippen LogP) is 3.51. The Morgan fingerprint density at radius 3 is 2.54 bits per heavy atom. The lowest BCUT2D eigenvalue weighted by Gasteiger charge is -2.31. The molecule has 0 bridgehead atoms. The maximum absolute atomic E-state index is 14.3. The average Bonchev–Trinajstić information content (AvgIpc) is 2.51. The van der Waals surface area contributed by atoms with Crippen molar-refractivity contribution in [2.75, 3.05) is 13.2 Å². The lowest BCUT2D eigenvalue weighted by molar-refractivity contribution is -0.128. The van der Waals surface area contributed by atoms with Crippen LogP contribution in [-0.2, 0) is 4.79 Å². The second kappa shape index (κ2) is 7.83. The van der Waals surface area contributed by atoms with Crippen LogP contribution in [-0.4, -0.2) is 34.3 Å². The number of nitrogens with zero attached hydrogens (tertiary/aromatic N) is 2. The number of hydrogen-bond acceptors (Lipinski definition) is 3. The Bertz CT molecular complexity index is 695. The van der Waals surface area contributed by atoms with Crippen LogP contribution in [0.2, 0.25) is 0 Å². The summed E-state index contributed by atoms with van der Waals surface area (Å²) in [7, 11) is 0. The third kappa shape index (κ3) is 3.98. The molecule has 1 atom stereocenters. The van der Waals surface area contributed by atoms with Gasteiger partial charge >= 0.3 is 0 Å². The third-order valence-corrected chi connectivity index (χ3v) is 4.28. The first kappa shape index (κ1) is 18.5. The van der Waals surface area contributed by atoms with E-state index < -0.39 is 46.6 Å². The Balaban J connectivity index is 2.45. The standard InChI is InChI=1S/C15H11F4IN2O2/c16-9-5-8(24-4-3-21)6-10(17)14(9)12-2-1-11(20)15(23)22(12)7-13(18)19/h2,5-6,11,13H,1,4,7H2. The van der Waals surface area contributed by atoms with E-state index >= 15 is 0 Å². The number of carbonyl (C=O) groups is 1. The second-order valence-corrected chi connectivity index (χ2v) is 6.34. The normalized spacial score (nSPS) is 17.7. The van der Waals surface area contributed by atoms with Gasteiger partial charge < -0.3 is 9.64 Å². The van der Waals surface area contributed by atoms with Gasteiger partial charge in [0.1, 0.15) is 23.5 Å². The number of amides is 1. The summed E-state index contributed by atoms with van der Waals surface area (Å²) in [6.45, 7) is -1.34. The van der Waals surface area contributed by atoms with Gasteiger partial charge in [-0.25, -0.2) is 17.6 Å². The van der Waals surface area contributed by atoms with Crippen molar-refractivity contribution >= 4 is 34.2 Å². The number of carbonyl (C=O) groups excluding carboxylic acids is 1. The topological polar surface area (TPSA) is 53.3 Å². The third-order valence-electron chi connectivity index (χ3n) is 3.24. The van der Waals surface area contributed by atoms with Crippen molar-refractivity contribution in [3.8, 4) is 11.8 Å². The summed E-state index contributed by atoms with van der Waals surface area (Å²) in [4.78, 5) is 12.8. The average molecular weight is 454 g/mol. The first-order valence-corrected chi connectivity index (χ1v) is 8.02. The van der Waals surface area contributed by atoms with Crippen LogP contribution in [0.25, 0.3) is 5.70 Å². The zero-order valence-corrected chi connectivity index (χ0v) is 14.3. The monoisotopic (exact) mass is 454 g/mol. The Morgan fingerprint density at radius 2 is 2.00 bits per heavy atom. The van der Waals surface area contributed by atoms with Gasteiger partial charge in [-0.2, -0.15) is 5.26 Å². The fourth-order valence-electron chi connectivity index (χ4n) is 2.27. The molecule has 1 aliphatic heterocycles. The lowest BCUT2D eigenvalue weighted by atomic mass is 10.0. The van der Waals surface area contributed by atoms with Crippen LogP contribution < -0.4 is 4.74 Å². The molecule has 0 fully saturated rings. The fraction of sp³-hybridized carbons (Fsp3) is 0.333. The van der Waals surface area contributed by atoms with Gasteiger partial charge in [0.15, 0.2) is 6.61 Å². The minimum atomic E-state index is -2.84. The molecule has 0 aliphatic carbocycles. The SMILES string of the molecule is N#CCOc1cc(F)c(C2=CCC(I)C(=O)N2CC(F)F)c(F)c1. The molecule has 1 amide bonds. The van der Waals surface area contributed by atoms with Crippen LogP contribution in [0.3, 0.4) is 0 Å². The Hall–Kier alpha value is -1.83. The highest BCUT2D eigenvalue weighted by Crippen LogP contribution is 2.34. The van der Waals surface area contributed by atoms with Crippen molar-refractivity contribution < 1.29 is 27.1 Å². The second-order valence-electron chi connectivity index (χ2n) is 4.84. The van der Waals surface area contributed by atoms with Gasteiger partial charge in [0.25, 0.3) is 6.43 Å². The van der Waals surface area contributed by atoms with Gasteiger partial charge in [-0.15, -0.1) is 0 Å². The van der Waals surface area contributed by atoms with E-state index in [4.69, 9.17) is 10.00 Å². The summed E-state index contributed by atoms with van der Waals surface area (Å²) in [6.07, 6.45) is -1.30. The number of allylic oxidation sites excluding steroid dienone is 1. The summed E-state index contributed by atoms with van der Waals surface area (Å²) in [6, 6.07) is 3.35. The molecule has 1 unspecified atom stereocenters. The maximum atomic E-state index is 14.3. The first-order valence-electron chi connectivity index (χ1n) is 6.78. The van der Waals surface area contributed by atoms with Crippen LogP contribution in [0.4, 0.5) is 17.6 Å². The molecule has 0 N–H and O–H groups in total. The van der Waals surface area contributed by atoms with Gasteiger partial charge in [-0.1, -0.05) is 28.7 Å². The van der Waals surface area contributed by atoms with E-state index in [0.717, 1.165) is 12.1 Å². The number of nitriles is 1. The van der Waals surface area contributed by atoms with Crippen molar-refractivity contribution in [1.29, 1.82) is 5.26 Å². The zero-order chi connectivity index (χ0) is 17.9. The Labute approximate surface area is 148 Å². The van der Waals surface area contributed by atoms with Crippen LogP contribution in [0.5, 0.6) is 5.75 Å². The number of halogens is 5. The number of alkyl halides is 3. The molecule has 9 heteroatoms. The summed E-state index contributed by atoms with van der Waals surface area (Å²) in [5, 5.41) is 8.41. The van der Waals surface area contributed by atoms with E-state index in [1.165, 1.54) is 6.08 Å². The van der Waals surface area contributed by atoms with E-state index in [9.17, 15) is 22.4 Å². The van der Waals surface area contributed by atoms with Crippen molar-refractivity contribution in [2.24, 2.45) is 0 Å². The molecule has 1 aromatic rings. The van der Waals surface area contributed by atoms with Crippen molar-refractivity contribution in [3.05, 3.63) is 35.4 Å². The van der Waals surface area contributed by atoms with E-state index in [0.29, 0.717) is 4.90 Å². The van der Waals surface area contributed by atoms with Gasteiger partial charge in [-0.05, 0) is 6.42 Å². The van der Waals surface area contributed by atoms with Gasteiger partial charge in [-0.3, -0.25) is 4.79 Å². The molecule has 0 spiro atoms. The molecule has 128 valence electrons. The van der Waals surface area contributed by atoms with E-state index in [1.807, 2.05) is 0 Å². The summed E-state index contributed by atoms with van der Waals surface area (Å²) in [5.41, 5.74) is -0.799. The maximum Gasteiger partial charge on any atom is 0.256 e. The van der Waals surface area contributed by atoms with Crippen molar-refractivity contribution in [1.82, 2.24) is 4.90 Å². The van der Waals surface area contributed by atoms with Crippen LogP contribution >= 0.6 is 22.6 Å². The number of benzene rings is 1. The first-order chi connectivity index (χ1) is 11.3. The van der Waals surface area contributed by atoms with E-state index in [2.05, 4.69) is 0 Å². The quantitative estimate of drug-likeness (QED) is 0.389. The van der Waals surface area contributed by atoms with Crippen molar-refractivity contribution in [2.45, 2.75) is 16.8 Å². The molecule has 2 rings (SSSR count). The molecule has 1 heterocycles. The van der Waals surface area contributed by atoms with Gasteiger partial charge in [0.05, 0.1) is 21.7 Å². The molecule has 0 saturated carbocycles. The minimum absolute atomic E-state index is 0.181. The van der Waals surface area contributed by atoms with Crippen LogP contribution in [0.15, 0.2) is 18.2 Å². The molecular weight excluding hydrogens is 443 g/mol. The Morgan fingerprint density at radius 1 is 1.38 bits per heavy atom. The summed E-state index contributed by atoms with van der Waals surface area (Å²) >= 11 is 1.79. The minimum Gasteiger partial charge on any atom is -0.479 e. The molecule has 1 aliphatic rings. The smallest absolute Gasteiger partial charge is 0.256 e. The summed E-state index contributed by atoms with van der Waals surface area (Å²) < 4.78 is 58.3. The molecule has 0 aromatic heterocycles. The highest BCUT2D eigenvalue weighted by atomic mass is 127. The number of ether oxygens (including phenoxy) is 1. The highest BCUT2D eigenvalue weighted by Gasteiger charge is 2.33. The van der Waals surface area contributed by atoms with E-state index in [1.54, 1.807) is 28.7 Å². The van der Waals surface area contributed by atoms with Crippen LogP contribution in [0, 0.1) is 23.0 Å². The lowest BCUT2D eigenvalue weighted by Crippen LogP contribution is -2.41. The van der Waals surface area contributed by atoms with Gasteiger partial charge in [0.2, 0.25) is 5.91 Å². The van der Waals surface area contributed by atoms with Crippen LogP contribution in [0.1, 0.15) is 12.0 Å². The molecule has 0 saturated heterocycles. The van der Waals surface area contributed by atoms with Gasteiger partial charge in [0, 0.05) is 12.1 Å². The van der Waals surface area contributed by atoms with E-state index in [-0.39, 0.29) is 17.9 Å². The molecular formula is C15H11F4IN2O2. The number of rotatable bonds is 5. The molecule has 1 aromatic carbocycles. The number of hydrogen-bond donors (Lipinski definition) is 0. The fourth-order valence-corrected chi connectivity index (χ4v) is 2.86. The largest absolute Gasteiger partial charge is 0.479 e. The zero-order valence-electron chi connectivity index (χ0n) is 12.1. The predicted molar refractivity (Wildman–Crippen MR) is 85.6 cm³/mol. The molecule has 4 nitrogen and oxygen atoms in total.